The summed E-state index contributed by atoms with van der Waals surface area (Å²) in [5.74, 6) is 1.57. The number of piperidine rings is 1. The van der Waals surface area contributed by atoms with Crippen molar-refractivity contribution < 1.29 is 19.1 Å². The second kappa shape index (κ2) is 6.64. The normalized spacial score (nSPS) is 27.4. The van der Waals surface area contributed by atoms with Crippen molar-refractivity contribution in [2.24, 2.45) is 11.8 Å². The summed E-state index contributed by atoms with van der Waals surface area (Å²) in [6, 6.07) is 0. The van der Waals surface area contributed by atoms with Gasteiger partial charge in [0.25, 0.3) is 0 Å². The average molecular weight is 298 g/mol. The zero-order valence-corrected chi connectivity index (χ0v) is 13.2. The molecule has 6 nitrogen and oxygen atoms in total. The van der Waals surface area contributed by atoms with Crippen LogP contribution in [0.1, 0.15) is 27.2 Å². The largest absolute Gasteiger partial charge is 0.444 e. The van der Waals surface area contributed by atoms with E-state index in [0.717, 1.165) is 44.4 Å². The summed E-state index contributed by atoms with van der Waals surface area (Å²) in [7, 11) is 0. The van der Waals surface area contributed by atoms with Crippen LogP contribution in [0.25, 0.3) is 0 Å². The van der Waals surface area contributed by atoms with Gasteiger partial charge in [0, 0.05) is 26.2 Å². The van der Waals surface area contributed by atoms with E-state index < -0.39 is 0 Å². The highest BCUT2D eigenvalue weighted by Crippen LogP contribution is 2.45. The number of fused-ring (bicyclic) bond motifs is 1. The molecule has 0 radical (unpaired) electrons. The Kier molecular flexibility index (Phi) is 5.08. The molecule has 3 rings (SSSR count). The lowest BCUT2D eigenvalue weighted by molar-refractivity contribution is -0.121. The van der Waals surface area contributed by atoms with Gasteiger partial charge >= 0.3 is 6.09 Å². The first-order chi connectivity index (χ1) is 9.89. The highest BCUT2D eigenvalue weighted by Gasteiger charge is 2.47. The van der Waals surface area contributed by atoms with Crippen molar-refractivity contribution >= 4 is 12.5 Å². The van der Waals surface area contributed by atoms with E-state index in [2.05, 4.69) is 0 Å². The zero-order valence-electron chi connectivity index (χ0n) is 13.2. The summed E-state index contributed by atoms with van der Waals surface area (Å²) < 4.78 is 10.3. The van der Waals surface area contributed by atoms with E-state index in [4.69, 9.17) is 9.47 Å². The molecule has 2 heterocycles. The third-order valence-electron chi connectivity index (χ3n) is 3.83. The number of carbonyl (C=O) groups excluding carboxylic acids is 2. The third-order valence-corrected chi connectivity index (χ3v) is 3.83. The number of nitrogens with zero attached hydrogens (tertiary/aromatic N) is 2. The topological polar surface area (TPSA) is 59.1 Å². The molecule has 120 valence electrons. The standard InChI is InChI=1S/C10H17NO2.C5H9NO2/c1-10(2,3)13-9(12)11-5-7-4-8(7)6-11;7-5-6-1-3-8-4-2-6/h7-8H,4-6H2,1-3H3;5H,1-4H2. The summed E-state index contributed by atoms with van der Waals surface area (Å²) in [6.07, 6.45) is 2.04. The van der Waals surface area contributed by atoms with Gasteiger partial charge in [-0.15, -0.1) is 0 Å². The summed E-state index contributed by atoms with van der Waals surface area (Å²) in [6.45, 7) is 10.4. The maximum absolute atomic E-state index is 11.5. The Morgan fingerprint density at radius 3 is 2.19 bits per heavy atom. The Bertz CT molecular complexity index is 364. The van der Waals surface area contributed by atoms with Crippen molar-refractivity contribution in [1.29, 1.82) is 0 Å². The van der Waals surface area contributed by atoms with Gasteiger partial charge in [-0.3, -0.25) is 4.79 Å². The lowest BCUT2D eigenvalue weighted by atomic mass is 10.2. The number of ether oxygens (including phenoxy) is 2. The molecule has 3 fully saturated rings. The van der Waals surface area contributed by atoms with Crippen LogP contribution in [0.3, 0.4) is 0 Å². The van der Waals surface area contributed by atoms with E-state index in [0.29, 0.717) is 13.2 Å². The number of rotatable bonds is 1. The zero-order chi connectivity index (χ0) is 15.5. The minimum absolute atomic E-state index is 0.139. The smallest absolute Gasteiger partial charge is 0.410 e. The molecule has 2 saturated heterocycles. The molecule has 0 aromatic rings. The summed E-state index contributed by atoms with van der Waals surface area (Å²) in [4.78, 5) is 25.1. The van der Waals surface area contributed by atoms with Crippen molar-refractivity contribution in [2.75, 3.05) is 39.4 Å². The fraction of sp³-hybridized carbons (Fsp3) is 0.867. The maximum atomic E-state index is 11.5. The highest BCUT2D eigenvalue weighted by molar-refractivity contribution is 5.68. The minimum Gasteiger partial charge on any atom is -0.444 e. The van der Waals surface area contributed by atoms with Crippen LogP contribution in [0.5, 0.6) is 0 Å². The molecule has 0 aromatic heterocycles. The Hall–Kier alpha value is -1.30. The van der Waals surface area contributed by atoms with Crippen molar-refractivity contribution in [1.82, 2.24) is 9.80 Å². The third kappa shape index (κ3) is 5.19. The molecule has 2 atom stereocenters. The Balaban J connectivity index is 0.000000173. The molecule has 21 heavy (non-hydrogen) atoms. The van der Waals surface area contributed by atoms with Gasteiger partial charge in [0.05, 0.1) is 13.2 Å². The molecule has 1 saturated carbocycles. The fourth-order valence-electron chi connectivity index (χ4n) is 2.56. The molecule has 1 aliphatic carbocycles. The molecular weight excluding hydrogens is 272 g/mol. The molecule has 2 amide bonds. The van der Waals surface area contributed by atoms with Gasteiger partial charge in [-0.1, -0.05) is 0 Å². The second-order valence-corrected chi connectivity index (χ2v) is 6.89. The SMILES string of the molecule is CC(C)(C)OC(=O)N1CC2CC2C1.O=CN1CCOCC1. The van der Waals surface area contributed by atoms with E-state index in [1.807, 2.05) is 25.7 Å². The van der Waals surface area contributed by atoms with E-state index in [9.17, 15) is 9.59 Å². The summed E-state index contributed by atoms with van der Waals surface area (Å²) >= 11 is 0. The molecular formula is C15H26N2O4. The molecule has 0 spiro atoms. The molecule has 2 aliphatic heterocycles. The Morgan fingerprint density at radius 1 is 1.19 bits per heavy atom. The van der Waals surface area contributed by atoms with E-state index in [-0.39, 0.29) is 11.7 Å². The lowest BCUT2D eigenvalue weighted by Crippen LogP contribution is -2.36. The van der Waals surface area contributed by atoms with Crippen molar-refractivity contribution in [3.05, 3.63) is 0 Å². The highest BCUT2D eigenvalue weighted by atomic mass is 16.6. The molecule has 2 unspecified atom stereocenters. The van der Waals surface area contributed by atoms with E-state index >= 15 is 0 Å². The maximum Gasteiger partial charge on any atom is 0.410 e. The summed E-state index contributed by atoms with van der Waals surface area (Å²) in [5.41, 5.74) is -0.357. The first-order valence-electron chi connectivity index (χ1n) is 7.64. The van der Waals surface area contributed by atoms with Crippen LogP contribution >= 0.6 is 0 Å². The average Bonchev–Trinajstić information content (AvgIpc) is 3.05. The van der Waals surface area contributed by atoms with Crippen LogP contribution in [0.2, 0.25) is 0 Å². The van der Waals surface area contributed by atoms with E-state index in [1.165, 1.54) is 6.42 Å². The van der Waals surface area contributed by atoms with Gasteiger partial charge in [0.1, 0.15) is 5.60 Å². The number of morpholine rings is 1. The van der Waals surface area contributed by atoms with Gasteiger partial charge < -0.3 is 19.3 Å². The van der Waals surface area contributed by atoms with Crippen molar-refractivity contribution in [2.45, 2.75) is 32.8 Å². The van der Waals surface area contributed by atoms with Gasteiger partial charge in [-0.2, -0.15) is 0 Å². The van der Waals surface area contributed by atoms with Crippen LogP contribution in [0.15, 0.2) is 0 Å². The summed E-state index contributed by atoms with van der Waals surface area (Å²) in [5, 5.41) is 0. The number of likely N-dealkylation sites (tertiary alicyclic amines) is 1. The lowest BCUT2D eigenvalue weighted by Gasteiger charge is -2.25. The van der Waals surface area contributed by atoms with Crippen molar-refractivity contribution in [3.8, 4) is 0 Å². The van der Waals surface area contributed by atoms with Crippen LogP contribution < -0.4 is 0 Å². The Labute approximate surface area is 126 Å². The molecule has 0 aromatic carbocycles. The van der Waals surface area contributed by atoms with Crippen LogP contribution in [-0.4, -0.2) is 67.3 Å². The van der Waals surface area contributed by atoms with Crippen LogP contribution in [0, 0.1) is 11.8 Å². The predicted octanol–water partition coefficient (Wildman–Crippen LogP) is 1.35. The quantitative estimate of drug-likeness (QED) is 0.686. The molecule has 0 bridgehead atoms. The van der Waals surface area contributed by atoms with Gasteiger partial charge in [0.2, 0.25) is 6.41 Å². The van der Waals surface area contributed by atoms with Gasteiger partial charge in [0.15, 0.2) is 0 Å². The van der Waals surface area contributed by atoms with Gasteiger partial charge in [-0.05, 0) is 39.0 Å². The molecule has 3 aliphatic rings. The first kappa shape index (κ1) is 16.1. The molecule has 6 heteroatoms. The predicted molar refractivity (Wildman–Crippen MR) is 77.9 cm³/mol. The first-order valence-corrected chi connectivity index (χ1v) is 7.64. The van der Waals surface area contributed by atoms with Crippen LogP contribution in [-0.2, 0) is 14.3 Å². The van der Waals surface area contributed by atoms with Gasteiger partial charge in [-0.25, -0.2) is 4.79 Å². The van der Waals surface area contributed by atoms with Crippen molar-refractivity contribution in [3.63, 3.8) is 0 Å². The number of amides is 2. The second-order valence-electron chi connectivity index (χ2n) is 6.89. The number of carbonyl (C=O) groups is 2. The Morgan fingerprint density at radius 2 is 1.76 bits per heavy atom. The van der Waals surface area contributed by atoms with E-state index in [1.54, 1.807) is 4.90 Å². The monoisotopic (exact) mass is 298 g/mol. The number of hydrogen-bond donors (Lipinski definition) is 0. The minimum atomic E-state index is -0.357. The fourth-order valence-corrected chi connectivity index (χ4v) is 2.56. The molecule has 0 N–H and O–H groups in total. The number of hydrogen-bond acceptors (Lipinski definition) is 4. The van der Waals surface area contributed by atoms with Crippen LogP contribution in [0.4, 0.5) is 4.79 Å².